The molecule has 1 fully saturated rings. The fraction of sp³-hybridized carbons (Fsp3) is 0.562. The maximum Gasteiger partial charge on any atom is 0.322 e. The van der Waals surface area contributed by atoms with E-state index in [1.54, 1.807) is 7.11 Å². The monoisotopic (exact) mass is 322 g/mol. The summed E-state index contributed by atoms with van der Waals surface area (Å²) in [6, 6.07) is 3.26. The molecule has 1 atom stereocenters. The van der Waals surface area contributed by atoms with E-state index < -0.39 is 12.0 Å². The Labute approximate surface area is 135 Å². The Morgan fingerprint density at radius 1 is 1.39 bits per heavy atom. The minimum atomic E-state index is -0.819. The standard InChI is InChI=1S/C16H22N2O5/c1-21-13-8-15-14(22-5-2-6-23-15)7-11(13)9-18-4-3-17-12(10-18)16(19)20/h7-8,12,17H,2-6,9-10H2,1H3,(H,19,20). The molecule has 0 saturated carbocycles. The van der Waals surface area contributed by atoms with E-state index in [9.17, 15) is 4.79 Å². The first kappa shape index (κ1) is 15.9. The van der Waals surface area contributed by atoms with Crippen LogP contribution in [0.4, 0.5) is 0 Å². The molecule has 0 aromatic heterocycles. The topological polar surface area (TPSA) is 80.3 Å². The van der Waals surface area contributed by atoms with Gasteiger partial charge in [-0.3, -0.25) is 9.69 Å². The van der Waals surface area contributed by atoms with Gasteiger partial charge in [0, 0.05) is 44.2 Å². The fourth-order valence-electron chi connectivity index (χ4n) is 2.91. The zero-order chi connectivity index (χ0) is 16.2. The quantitative estimate of drug-likeness (QED) is 0.845. The number of nitrogens with zero attached hydrogens (tertiary/aromatic N) is 1. The predicted octanol–water partition coefficient (Wildman–Crippen LogP) is 0.715. The predicted molar refractivity (Wildman–Crippen MR) is 83.3 cm³/mol. The van der Waals surface area contributed by atoms with Gasteiger partial charge in [-0.05, 0) is 6.07 Å². The van der Waals surface area contributed by atoms with Gasteiger partial charge < -0.3 is 24.6 Å². The number of nitrogens with one attached hydrogen (secondary N) is 1. The number of fused-ring (bicyclic) bond motifs is 1. The number of hydrogen-bond donors (Lipinski definition) is 2. The summed E-state index contributed by atoms with van der Waals surface area (Å²) in [6.45, 7) is 3.80. The number of aliphatic carboxylic acids is 1. The number of methoxy groups -OCH3 is 1. The van der Waals surface area contributed by atoms with Crippen LogP contribution < -0.4 is 19.5 Å². The molecular weight excluding hydrogens is 300 g/mol. The Balaban J connectivity index is 1.78. The fourth-order valence-corrected chi connectivity index (χ4v) is 2.91. The Kier molecular flexibility index (Phi) is 4.88. The van der Waals surface area contributed by atoms with Gasteiger partial charge in [-0.25, -0.2) is 0 Å². The van der Waals surface area contributed by atoms with Gasteiger partial charge in [-0.2, -0.15) is 0 Å². The van der Waals surface area contributed by atoms with Gasteiger partial charge in [0.1, 0.15) is 11.8 Å². The lowest BCUT2D eigenvalue weighted by atomic mass is 10.1. The first-order chi connectivity index (χ1) is 11.2. The molecular formula is C16H22N2O5. The van der Waals surface area contributed by atoms with Crippen LogP contribution in [0.3, 0.4) is 0 Å². The molecule has 0 bridgehead atoms. The van der Waals surface area contributed by atoms with E-state index in [0.29, 0.717) is 38.6 Å². The van der Waals surface area contributed by atoms with Crippen molar-refractivity contribution in [2.24, 2.45) is 0 Å². The van der Waals surface area contributed by atoms with Crippen molar-refractivity contribution in [3.8, 4) is 17.2 Å². The Morgan fingerprint density at radius 2 is 2.13 bits per heavy atom. The molecule has 7 nitrogen and oxygen atoms in total. The first-order valence-corrected chi connectivity index (χ1v) is 7.82. The maximum absolute atomic E-state index is 11.2. The average molecular weight is 322 g/mol. The Morgan fingerprint density at radius 3 is 2.83 bits per heavy atom. The van der Waals surface area contributed by atoms with Gasteiger partial charge in [-0.15, -0.1) is 0 Å². The van der Waals surface area contributed by atoms with E-state index >= 15 is 0 Å². The van der Waals surface area contributed by atoms with E-state index in [-0.39, 0.29) is 0 Å². The number of piperazine rings is 1. The van der Waals surface area contributed by atoms with Crippen molar-refractivity contribution >= 4 is 5.97 Å². The largest absolute Gasteiger partial charge is 0.496 e. The van der Waals surface area contributed by atoms with Gasteiger partial charge in [0.05, 0.1) is 20.3 Å². The van der Waals surface area contributed by atoms with Crippen LogP contribution in [0.2, 0.25) is 0 Å². The number of benzene rings is 1. The Bertz CT molecular complexity index is 578. The summed E-state index contributed by atoms with van der Waals surface area (Å²) in [5, 5.41) is 12.2. The molecule has 2 N–H and O–H groups in total. The highest BCUT2D eigenvalue weighted by Crippen LogP contribution is 2.37. The third kappa shape index (κ3) is 3.68. The smallest absolute Gasteiger partial charge is 0.322 e. The molecule has 0 radical (unpaired) electrons. The van der Waals surface area contributed by atoms with Crippen LogP contribution in [0.25, 0.3) is 0 Å². The number of rotatable bonds is 4. The molecule has 2 heterocycles. The van der Waals surface area contributed by atoms with Crippen LogP contribution in [0.15, 0.2) is 12.1 Å². The van der Waals surface area contributed by atoms with Crippen molar-refractivity contribution in [2.75, 3.05) is 40.0 Å². The number of carbonyl (C=O) groups is 1. The van der Waals surface area contributed by atoms with Crippen molar-refractivity contribution in [3.05, 3.63) is 17.7 Å². The average Bonchev–Trinajstić information content (AvgIpc) is 2.79. The highest BCUT2D eigenvalue weighted by molar-refractivity contribution is 5.73. The number of carboxylic acid groups (broad SMARTS) is 1. The van der Waals surface area contributed by atoms with Gasteiger partial charge in [0.25, 0.3) is 0 Å². The lowest BCUT2D eigenvalue weighted by molar-refractivity contribution is -0.140. The molecule has 1 saturated heterocycles. The van der Waals surface area contributed by atoms with Crippen LogP contribution >= 0.6 is 0 Å². The van der Waals surface area contributed by atoms with Crippen molar-refractivity contribution < 1.29 is 24.1 Å². The third-order valence-corrected chi connectivity index (χ3v) is 4.10. The molecule has 1 aromatic carbocycles. The van der Waals surface area contributed by atoms with Crippen molar-refractivity contribution in [2.45, 2.75) is 19.0 Å². The maximum atomic E-state index is 11.2. The third-order valence-electron chi connectivity index (χ3n) is 4.10. The summed E-state index contributed by atoms with van der Waals surface area (Å²) in [5.41, 5.74) is 0.975. The molecule has 3 rings (SSSR count). The number of carboxylic acids is 1. The summed E-state index contributed by atoms with van der Waals surface area (Å²) in [5.74, 6) is 1.34. The van der Waals surface area contributed by atoms with E-state index in [1.165, 1.54) is 0 Å². The van der Waals surface area contributed by atoms with Crippen LogP contribution in [0.1, 0.15) is 12.0 Å². The molecule has 0 amide bonds. The highest BCUT2D eigenvalue weighted by Gasteiger charge is 2.26. The van der Waals surface area contributed by atoms with Gasteiger partial charge in [-0.1, -0.05) is 0 Å². The second-order valence-corrected chi connectivity index (χ2v) is 5.74. The van der Waals surface area contributed by atoms with E-state index in [4.69, 9.17) is 19.3 Å². The van der Waals surface area contributed by atoms with E-state index in [2.05, 4.69) is 10.2 Å². The van der Waals surface area contributed by atoms with Crippen molar-refractivity contribution in [3.63, 3.8) is 0 Å². The summed E-state index contributed by atoms with van der Waals surface area (Å²) >= 11 is 0. The van der Waals surface area contributed by atoms with Crippen molar-refractivity contribution in [1.82, 2.24) is 10.2 Å². The van der Waals surface area contributed by atoms with E-state index in [1.807, 2.05) is 12.1 Å². The van der Waals surface area contributed by atoms with Gasteiger partial charge >= 0.3 is 5.97 Å². The molecule has 2 aliphatic rings. The van der Waals surface area contributed by atoms with E-state index in [0.717, 1.165) is 30.0 Å². The first-order valence-electron chi connectivity index (χ1n) is 7.82. The molecule has 2 aliphatic heterocycles. The zero-order valence-electron chi connectivity index (χ0n) is 13.2. The SMILES string of the molecule is COc1cc2c(cc1CN1CCNC(C(=O)O)C1)OCCCO2. The lowest BCUT2D eigenvalue weighted by Gasteiger charge is -2.32. The molecule has 0 spiro atoms. The Hall–Kier alpha value is -1.99. The minimum Gasteiger partial charge on any atom is -0.496 e. The molecule has 1 aromatic rings. The minimum absolute atomic E-state index is 0.465. The van der Waals surface area contributed by atoms with Crippen LogP contribution in [0, 0.1) is 0 Å². The van der Waals surface area contributed by atoms with Crippen LogP contribution in [0.5, 0.6) is 17.2 Å². The van der Waals surface area contributed by atoms with Crippen molar-refractivity contribution in [1.29, 1.82) is 0 Å². The lowest BCUT2D eigenvalue weighted by Crippen LogP contribution is -2.53. The molecule has 0 aliphatic carbocycles. The number of hydrogen-bond acceptors (Lipinski definition) is 6. The molecule has 23 heavy (non-hydrogen) atoms. The second kappa shape index (κ2) is 7.06. The molecule has 126 valence electrons. The second-order valence-electron chi connectivity index (χ2n) is 5.74. The number of ether oxygens (including phenoxy) is 3. The molecule has 7 heteroatoms. The normalized spacial score (nSPS) is 21.5. The van der Waals surface area contributed by atoms with Crippen LogP contribution in [-0.4, -0.2) is 62.0 Å². The summed E-state index contributed by atoms with van der Waals surface area (Å²) in [7, 11) is 1.63. The zero-order valence-corrected chi connectivity index (χ0v) is 13.2. The van der Waals surface area contributed by atoms with Crippen LogP contribution in [-0.2, 0) is 11.3 Å². The molecule has 1 unspecified atom stereocenters. The van der Waals surface area contributed by atoms with Gasteiger partial charge in [0.15, 0.2) is 11.5 Å². The summed E-state index contributed by atoms with van der Waals surface area (Å²) in [6.07, 6.45) is 0.852. The highest BCUT2D eigenvalue weighted by atomic mass is 16.5. The summed E-state index contributed by atoms with van der Waals surface area (Å²) < 4.78 is 16.9. The summed E-state index contributed by atoms with van der Waals surface area (Å²) in [4.78, 5) is 13.3. The van der Waals surface area contributed by atoms with Gasteiger partial charge in [0.2, 0.25) is 0 Å².